The van der Waals surface area contributed by atoms with Gasteiger partial charge < -0.3 is 10.1 Å². The van der Waals surface area contributed by atoms with Crippen LogP contribution < -0.4 is 10.1 Å². The van der Waals surface area contributed by atoms with E-state index in [0.29, 0.717) is 36.9 Å². The first-order chi connectivity index (χ1) is 15.2. The lowest BCUT2D eigenvalue weighted by atomic mass is 9.93. The normalized spacial score (nSPS) is 16.7. The van der Waals surface area contributed by atoms with Gasteiger partial charge in [-0.05, 0) is 67.1 Å². The van der Waals surface area contributed by atoms with Gasteiger partial charge in [0.1, 0.15) is 5.75 Å². The molecule has 174 valence electrons. The summed E-state index contributed by atoms with van der Waals surface area (Å²) in [5, 5.41) is 3.69. The number of hydrogen-bond acceptors (Lipinski definition) is 4. The van der Waals surface area contributed by atoms with Crippen molar-refractivity contribution in [3.8, 4) is 5.75 Å². The van der Waals surface area contributed by atoms with Crippen molar-refractivity contribution in [2.45, 2.75) is 44.0 Å². The van der Waals surface area contributed by atoms with Crippen LogP contribution >= 0.6 is 11.6 Å². The molecule has 0 bridgehead atoms. The molecular formula is C24H31ClN2O4S. The summed E-state index contributed by atoms with van der Waals surface area (Å²) in [4.78, 5) is 13.3. The molecule has 1 atom stereocenters. The van der Waals surface area contributed by atoms with Crippen molar-refractivity contribution in [3.63, 3.8) is 0 Å². The second-order valence-electron chi connectivity index (χ2n) is 8.60. The van der Waals surface area contributed by atoms with Gasteiger partial charge in [-0.2, -0.15) is 4.31 Å². The third-order valence-corrected chi connectivity index (χ3v) is 7.98. The molecule has 32 heavy (non-hydrogen) atoms. The first kappa shape index (κ1) is 24.6. The molecule has 1 heterocycles. The van der Waals surface area contributed by atoms with E-state index in [0.717, 1.165) is 17.7 Å². The molecule has 1 fully saturated rings. The van der Waals surface area contributed by atoms with Crippen LogP contribution in [0.4, 0.5) is 0 Å². The van der Waals surface area contributed by atoms with Gasteiger partial charge in [0.2, 0.25) is 15.9 Å². The quantitative estimate of drug-likeness (QED) is 0.599. The standard InChI is InChI=1S/C24H31ClN2O4S/c1-17(2)16-23(18-4-8-21(31-3)9-5-18)26-24(28)19-12-14-27(15-13-19)32(29,30)22-10-6-20(25)7-11-22/h4-11,17,19,23H,12-16H2,1-3H3,(H,26,28)/t23-/m1/s1. The van der Waals surface area contributed by atoms with Crippen molar-refractivity contribution in [2.75, 3.05) is 20.2 Å². The van der Waals surface area contributed by atoms with E-state index in [1.54, 1.807) is 19.2 Å². The molecule has 1 aliphatic heterocycles. The number of amides is 1. The van der Waals surface area contributed by atoms with Gasteiger partial charge in [0, 0.05) is 24.0 Å². The highest BCUT2D eigenvalue weighted by molar-refractivity contribution is 7.89. The van der Waals surface area contributed by atoms with Crippen LogP contribution in [0, 0.1) is 11.8 Å². The van der Waals surface area contributed by atoms with Crippen LogP contribution in [0.2, 0.25) is 5.02 Å². The minimum atomic E-state index is -3.59. The van der Waals surface area contributed by atoms with Crippen LogP contribution in [0.15, 0.2) is 53.4 Å². The van der Waals surface area contributed by atoms with E-state index >= 15 is 0 Å². The third kappa shape index (κ3) is 6.03. The number of benzene rings is 2. The molecule has 1 N–H and O–H groups in total. The van der Waals surface area contributed by atoms with Crippen LogP contribution in [0.1, 0.15) is 44.7 Å². The summed E-state index contributed by atoms with van der Waals surface area (Å²) in [6, 6.07) is 13.8. The van der Waals surface area contributed by atoms with Crippen LogP contribution in [-0.2, 0) is 14.8 Å². The maximum absolute atomic E-state index is 13.0. The fourth-order valence-electron chi connectivity index (χ4n) is 3.99. The molecule has 2 aromatic carbocycles. The number of hydrogen-bond donors (Lipinski definition) is 1. The zero-order chi connectivity index (χ0) is 23.3. The molecule has 1 aliphatic rings. The maximum Gasteiger partial charge on any atom is 0.243 e. The fourth-order valence-corrected chi connectivity index (χ4v) is 5.59. The van der Waals surface area contributed by atoms with Gasteiger partial charge in [-0.25, -0.2) is 8.42 Å². The van der Waals surface area contributed by atoms with Gasteiger partial charge in [0.25, 0.3) is 0 Å². The smallest absolute Gasteiger partial charge is 0.243 e. The molecule has 3 rings (SSSR count). The number of nitrogens with zero attached hydrogens (tertiary/aromatic N) is 1. The predicted molar refractivity (Wildman–Crippen MR) is 126 cm³/mol. The second-order valence-corrected chi connectivity index (χ2v) is 11.0. The topological polar surface area (TPSA) is 75.7 Å². The van der Waals surface area contributed by atoms with Gasteiger partial charge in [0.15, 0.2) is 0 Å². The molecule has 0 radical (unpaired) electrons. The Bertz CT molecular complexity index is 999. The Balaban J connectivity index is 1.63. The van der Waals surface area contributed by atoms with Crippen molar-refractivity contribution in [1.82, 2.24) is 9.62 Å². The van der Waals surface area contributed by atoms with E-state index in [1.807, 2.05) is 24.3 Å². The largest absolute Gasteiger partial charge is 0.497 e. The molecule has 0 spiro atoms. The molecular weight excluding hydrogens is 448 g/mol. The molecule has 2 aromatic rings. The van der Waals surface area contributed by atoms with Crippen LogP contribution in [0.5, 0.6) is 5.75 Å². The Hall–Kier alpha value is -2.09. The Morgan fingerprint density at radius 3 is 2.22 bits per heavy atom. The Kier molecular flexibility index (Phi) is 8.20. The molecule has 1 saturated heterocycles. The van der Waals surface area contributed by atoms with E-state index < -0.39 is 10.0 Å². The summed E-state index contributed by atoms with van der Waals surface area (Å²) in [6.45, 7) is 4.90. The summed E-state index contributed by atoms with van der Waals surface area (Å²) in [5.41, 5.74) is 1.04. The molecule has 1 amide bonds. The minimum absolute atomic E-state index is 0.0185. The molecule has 6 nitrogen and oxygen atoms in total. The number of nitrogens with one attached hydrogen (secondary N) is 1. The number of halogens is 1. The average molecular weight is 479 g/mol. The zero-order valence-electron chi connectivity index (χ0n) is 18.8. The number of carbonyl (C=O) groups is 1. The maximum atomic E-state index is 13.0. The summed E-state index contributed by atoms with van der Waals surface area (Å²) in [7, 11) is -1.96. The van der Waals surface area contributed by atoms with Crippen molar-refractivity contribution in [2.24, 2.45) is 11.8 Å². The summed E-state index contributed by atoms with van der Waals surface area (Å²) < 4.78 is 32.5. The highest BCUT2D eigenvalue weighted by Gasteiger charge is 2.33. The number of rotatable bonds is 8. The lowest BCUT2D eigenvalue weighted by Crippen LogP contribution is -2.43. The number of piperidine rings is 1. The van der Waals surface area contributed by atoms with Gasteiger partial charge >= 0.3 is 0 Å². The monoisotopic (exact) mass is 478 g/mol. The molecule has 0 saturated carbocycles. The summed E-state index contributed by atoms with van der Waals surface area (Å²) in [5.74, 6) is 0.959. The number of sulfonamides is 1. The summed E-state index contributed by atoms with van der Waals surface area (Å²) in [6.07, 6.45) is 1.81. The van der Waals surface area contributed by atoms with Crippen LogP contribution in [0.3, 0.4) is 0 Å². The summed E-state index contributed by atoms with van der Waals surface area (Å²) >= 11 is 5.87. The van der Waals surface area contributed by atoms with Crippen molar-refractivity contribution >= 4 is 27.5 Å². The lowest BCUT2D eigenvalue weighted by Gasteiger charge is -2.32. The van der Waals surface area contributed by atoms with Crippen molar-refractivity contribution < 1.29 is 17.9 Å². The predicted octanol–water partition coefficient (Wildman–Crippen LogP) is 4.65. The average Bonchev–Trinajstić information content (AvgIpc) is 2.78. The van der Waals surface area contributed by atoms with Crippen LogP contribution in [0.25, 0.3) is 0 Å². The van der Waals surface area contributed by atoms with E-state index in [-0.39, 0.29) is 22.8 Å². The Morgan fingerprint density at radius 1 is 1.09 bits per heavy atom. The number of methoxy groups -OCH3 is 1. The van der Waals surface area contributed by atoms with Gasteiger partial charge in [-0.3, -0.25) is 4.79 Å². The number of ether oxygens (including phenoxy) is 1. The van der Waals surface area contributed by atoms with E-state index in [9.17, 15) is 13.2 Å². The second kappa shape index (κ2) is 10.7. The number of carbonyl (C=O) groups excluding carboxylic acids is 1. The zero-order valence-corrected chi connectivity index (χ0v) is 20.3. The molecule has 8 heteroatoms. The van der Waals surface area contributed by atoms with Crippen molar-refractivity contribution in [1.29, 1.82) is 0 Å². The van der Waals surface area contributed by atoms with Crippen molar-refractivity contribution in [3.05, 3.63) is 59.1 Å². The first-order valence-electron chi connectivity index (χ1n) is 10.9. The van der Waals surface area contributed by atoms with Crippen LogP contribution in [-0.4, -0.2) is 38.8 Å². The van der Waals surface area contributed by atoms with Gasteiger partial charge in [0.05, 0.1) is 18.0 Å². The Morgan fingerprint density at radius 2 is 1.69 bits per heavy atom. The molecule has 0 unspecified atom stereocenters. The minimum Gasteiger partial charge on any atom is -0.497 e. The highest BCUT2D eigenvalue weighted by atomic mass is 35.5. The highest BCUT2D eigenvalue weighted by Crippen LogP contribution is 2.28. The van der Waals surface area contributed by atoms with E-state index in [4.69, 9.17) is 16.3 Å². The molecule has 0 aromatic heterocycles. The fraction of sp³-hybridized carbons (Fsp3) is 0.458. The van der Waals surface area contributed by atoms with E-state index in [1.165, 1.54) is 16.4 Å². The van der Waals surface area contributed by atoms with E-state index in [2.05, 4.69) is 19.2 Å². The molecule has 0 aliphatic carbocycles. The van der Waals surface area contributed by atoms with Gasteiger partial charge in [-0.1, -0.05) is 37.6 Å². The van der Waals surface area contributed by atoms with Gasteiger partial charge in [-0.15, -0.1) is 0 Å². The third-order valence-electron chi connectivity index (χ3n) is 5.82. The first-order valence-corrected chi connectivity index (χ1v) is 12.7. The lowest BCUT2D eigenvalue weighted by molar-refractivity contribution is -0.127. The Labute approximate surface area is 196 Å². The SMILES string of the molecule is COc1ccc([C@@H](CC(C)C)NC(=O)C2CCN(S(=O)(=O)c3ccc(Cl)cc3)CC2)cc1.